The van der Waals surface area contributed by atoms with Crippen LogP contribution in [0.3, 0.4) is 0 Å². The van der Waals surface area contributed by atoms with Gasteiger partial charge in [-0.15, -0.1) is 0 Å². The third-order valence-corrected chi connectivity index (χ3v) is 5.17. The van der Waals surface area contributed by atoms with Crippen molar-refractivity contribution in [3.05, 3.63) is 30.1 Å². The van der Waals surface area contributed by atoms with Crippen molar-refractivity contribution in [3.63, 3.8) is 0 Å². The third-order valence-electron chi connectivity index (χ3n) is 5.17. The van der Waals surface area contributed by atoms with Crippen molar-refractivity contribution >= 4 is 5.91 Å². The summed E-state index contributed by atoms with van der Waals surface area (Å²) in [6.45, 7) is 6.28. The number of pyridine rings is 1. The van der Waals surface area contributed by atoms with Crippen molar-refractivity contribution in [1.29, 1.82) is 0 Å². The molecule has 1 saturated carbocycles. The van der Waals surface area contributed by atoms with Crippen molar-refractivity contribution < 1.29 is 4.79 Å². The fraction of sp³-hybridized carbons (Fsp3) is 0.667. The zero-order chi connectivity index (χ0) is 15.5. The van der Waals surface area contributed by atoms with E-state index in [0.717, 1.165) is 38.8 Å². The first-order valence-corrected chi connectivity index (χ1v) is 8.63. The summed E-state index contributed by atoms with van der Waals surface area (Å²) in [7, 11) is 0. The lowest BCUT2D eigenvalue weighted by Gasteiger charge is -2.40. The molecule has 2 aliphatic rings. The number of hydrogen-bond acceptors (Lipinski definition) is 3. The van der Waals surface area contributed by atoms with Crippen molar-refractivity contribution in [2.45, 2.75) is 51.6 Å². The van der Waals surface area contributed by atoms with Crippen molar-refractivity contribution in [2.24, 2.45) is 11.8 Å². The summed E-state index contributed by atoms with van der Waals surface area (Å²) < 4.78 is 0. The second-order valence-electron chi connectivity index (χ2n) is 6.79. The summed E-state index contributed by atoms with van der Waals surface area (Å²) in [5.41, 5.74) is 1.28. The van der Waals surface area contributed by atoms with Gasteiger partial charge in [-0.05, 0) is 49.8 Å². The number of likely N-dealkylation sites (tertiary alicyclic amines) is 1. The summed E-state index contributed by atoms with van der Waals surface area (Å²) in [5, 5.41) is 3.77. The van der Waals surface area contributed by atoms with Gasteiger partial charge in [0.05, 0.1) is 0 Å². The molecule has 1 aliphatic heterocycles. The van der Waals surface area contributed by atoms with Crippen LogP contribution in [0.15, 0.2) is 24.5 Å². The average molecular weight is 301 g/mol. The van der Waals surface area contributed by atoms with Gasteiger partial charge < -0.3 is 10.2 Å². The van der Waals surface area contributed by atoms with E-state index in [2.05, 4.69) is 41.2 Å². The first-order chi connectivity index (χ1) is 10.7. The molecular weight excluding hydrogens is 274 g/mol. The van der Waals surface area contributed by atoms with Gasteiger partial charge >= 0.3 is 0 Å². The molecule has 3 atom stereocenters. The van der Waals surface area contributed by atoms with E-state index in [9.17, 15) is 4.79 Å². The molecule has 1 aromatic heterocycles. The summed E-state index contributed by atoms with van der Waals surface area (Å²) in [4.78, 5) is 18.5. The number of amides is 1. The molecule has 0 unspecified atom stereocenters. The predicted molar refractivity (Wildman–Crippen MR) is 87.3 cm³/mol. The molecule has 3 rings (SSSR count). The first kappa shape index (κ1) is 15.5. The molecule has 1 N–H and O–H groups in total. The van der Waals surface area contributed by atoms with Gasteiger partial charge in [-0.25, -0.2) is 0 Å². The van der Waals surface area contributed by atoms with Crippen LogP contribution in [0.5, 0.6) is 0 Å². The van der Waals surface area contributed by atoms with Crippen LogP contribution in [-0.2, 0) is 4.79 Å². The number of piperidine rings is 1. The third kappa shape index (κ3) is 3.49. The highest BCUT2D eigenvalue weighted by molar-refractivity contribution is 5.81. The van der Waals surface area contributed by atoms with Crippen LogP contribution in [0.2, 0.25) is 0 Å². The average Bonchev–Trinajstić information content (AvgIpc) is 3.40. The molecular formula is C18H27N3O. The van der Waals surface area contributed by atoms with E-state index in [-0.39, 0.29) is 0 Å². The highest BCUT2D eigenvalue weighted by Crippen LogP contribution is 2.33. The van der Waals surface area contributed by atoms with E-state index in [1.165, 1.54) is 5.56 Å². The van der Waals surface area contributed by atoms with Crippen LogP contribution in [0.4, 0.5) is 0 Å². The fourth-order valence-corrected chi connectivity index (χ4v) is 3.52. The highest BCUT2D eigenvalue weighted by Gasteiger charge is 2.37. The summed E-state index contributed by atoms with van der Waals surface area (Å²) in [6, 6.07) is 4.97. The van der Waals surface area contributed by atoms with Gasteiger partial charge in [-0.3, -0.25) is 9.78 Å². The molecule has 1 amide bonds. The molecule has 120 valence electrons. The number of rotatable bonds is 5. The quantitative estimate of drug-likeness (QED) is 0.909. The molecule has 4 nitrogen and oxygen atoms in total. The molecule has 1 aromatic rings. The lowest BCUT2D eigenvalue weighted by Crippen LogP contribution is -2.51. The zero-order valence-electron chi connectivity index (χ0n) is 13.7. The van der Waals surface area contributed by atoms with Gasteiger partial charge in [0.15, 0.2) is 0 Å². The Morgan fingerprint density at radius 3 is 2.73 bits per heavy atom. The Bertz CT molecular complexity index is 500. The van der Waals surface area contributed by atoms with Crippen LogP contribution in [0, 0.1) is 11.8 Å². The summed E-state index contributed by atoms with van der Waals surface area (Å²) in [5.74, 6) is 1.30. The van der Waals surface area contributed by atoms with E-state index in [1.54, 1.807) is 0 Å². The molecule has 0 bridgehead atoms. The highest BCUT2D eigenvalue weighted by atomic mass is 16.2. The number of nitrogens with zero attached hydrogens (tertiary/aromatic N) is 2. The Morgan fingerprint density at radius 1 is 1.36 bits per heavy atom. The normalized spacial score (nSPS) is 26.7. The van der Waals surface area contributed by atoms with Gasteiger partial charge in [0, 0.05) is 43.5 Å². The number of carbonyl (C=O) groups is 1. The molecule has 0 spiro atoms. The van der Waals surface area contributed by atoms with E-state index in [4.69, 9.17) is 0 Å². The van der Waals surface area contributed by atoms with Crippen molar-refractivity contribution in [2.75, 3.05) is 13.1 Å². The lowest BCUT2D eigenvalue weighted by atomic mass is 9.88. The minimum atomic E-state index is 0.327. The standard InChI is InChI=1S/C18H27N3O/c1-3-14-12-21(18(22)16-4-5-16)11-8-17(14)20-13(2)15-6-9-19-10-7-15/h6-7,9-10,13-14,16-17,20H,3-5,8,11-12H2,1-2H3/t13-,14+,17-/m0/s1. The summed E-state index contributed by atoms with van der Waals surface area (Å²) in [6.07, 6.45) is 8.09. The Kier molecular flexibility index (Phi) is 4.77. The number of carbonyl (C=O) groups excluding carboxylic acids is 1. The predicted octanol–water partition coefficient (Wildman–Crippen LogP) is 2.77. The van der Waals surface area contributed by atoms with Gasteiger partial charge in [0.25, 0.3) is 0 Å². The fourth-order valence-electron chi connectivity index (χ4n) is 3.52. The van der Waals surface area contributed by atoms with Gasteiger partial charge in [0.2, 0.25) is 5.91 Å². The second kappa shape index (κ2) is 6.78. The minimum Gasteiger partial charge on any atom is -0.342 e. The monoisotopic (exact) mass is 301 g/mol. The van der Waals surface area contributed by atoms with E-state index < -0.39 is 0 Å². The largest absolute Gasteiger partial charge is 0.342 e. The van der Waals surface area contributed by atoms with Gasteiger partial charge in [-0.1, -0.05) is 13.3 Å². The first-order valence-electron chi connectivity index (χ1n) is 8.63. The van der Waals surface area contributed by atoms with Crippen LogP contribution < -0.4 is 5.32 Å². The Hall–Kier alpha value is -1.42. The molecule has 4 heteroatoms. The second-order valence-corrected chi connectivity index (χ2v) is 6.79. The molecule has 0 radical (unpaired) electrons. The molecule has 22 heavy (non-hydrogen) atoms. The van der Waals surface area contributed by atoms with Crippen molar-refractivity contribution in [3.8, 4) is 0 Å². The minimum absolute atomic E-state index is 0.327. The van der Waals surface area contributed by atoms with Crippen LogP contribution >= 0.6 is 0 Å². The zero-order valence-corrected chi connectivity index (χ0v) is 13.7. The van der Waals surface area contributed by atoms with Crippen molar-refractivity contribution in [1.82, 2.24) is 15.2 Å². The molecule has 2 fully saturated rings. The van der Waals surface area contributed by atoms with Crippen LogP contribution in [0.1, 0.15) is 51.1 Å². The molecule has 1 aliphatic carbocycles. The number of hydrogen-bond donors (Lipinski definition) is 1. The summed E-state index contributed by atoms with van der Waals surface area (Å²) >= 11 is 0. The number of nitrogens with one attached hydrogen (secondary N) is 1. The topological polar surface area (TPSA) is 45.2 Å². The maximum atomic E-state index is 12.3. The van der Waals surface area contributed by atoms with Gasteiger partial charge in [-0.2, -0.15) is 0 Å². The maximum absolute atomic E-state index is 12.3. The Labute approximate surface area is 133 Å². The van der Waals surface area contributed by atoms with E-state index in [1.807, 2.05) is 12.4 Å². The molecule has 0 aromatic carbocycles. The number of aromatic nitrogens is 1. The Balaban J connectivity index is 1.58. The molecule has 1 saturated heterocycles. The lowest BCUT2D eigenvalue weighted by molar-refractivity contribution is -0.134. The smallest absolute Gasteiger partial charge is 0.225 e. The SMILES string of the molecule is CC[C@@H]1CN(C(=O)C2CC2)CC[C@@H]1N[C@@H](C)c1ccncc1. The van der Waals surface area contributed by atoms with Crippen LogP contribution in [0.25, 0.3) is 0 Å². The van der Waals surface area contributed by atoms with Gasteiger partial charge in [0.1, 0.15) is 0 Å². The van der Waals surface area contributed by atoms with Crippen LogP contribution in [-0.4, -0.2) is 34.9 Å². The van der Waals surface area contributed by atoms with E-state index >= 15 is 0 Å². The van der Waals surface area contributed by atoms with E-state index in [0.29, 0.717) is 29.8 Å². The molecule has 2 heterocycles. The Morgan fingerprint density at radius 2 is 2.09 bits per heavy atom. The maximum Gasteiger partial charge on any atom is 0.225 e.